The smallest absolute Gasteiger partial charge is 0.0639 e. The van der Waals surface area contributed by atoms with Gasteiger partial charge >= 0.3 is 0 Å². The SMILES string of the molecule is CO[C@@H]1CCN(Cc2cnn(C)c2)[C@@H]2CN(Cc3cccnc3)C[C@@H]21. The number of rotatable bonds is 5. The van der Waals surface area contributed by atoms with Gasteiger partial charge in [-0.05, 0) is 18.1 Å². The molecule has 0 N–H and O–H groups in total. The summed E-state index contributed by atoms with van der Waals surface area (Å²) in [6, 6.07) is 4.73. The second kappa shape index (κ2) is 7.23. The Morgan fingerprint density at radius 1 is 1.20 bits per heavy atom. The lowest BCUT2D eigenvalue weighted by Crippen LogP contribution is -2.50. The number of likely N-dealkylation sites (tertiary alicyclic amines) is 2. The lowest BCUT2D eigenvalue weighted by molar-refractivity contribution is -0.0245. The molecule has 0 spiro atoms. The maximum atomic E-state index is 5.82. The van der Waals surface area contributed by atoms with E-state index in [1.54, 1.807) is 0 Å². The number of nitrogens with zero attached hydrogens (tertiary/aromatic N) is 5. The highest BCUT2D eigenvalue weighted by Crippen LogP contribution is 2.34. The average molecular weight is 341 g/mol. The number of aromatic nitrogens is 3. The van der Waals surface area contributed by atoms with Crippen molar-refractivity contribution >= 4 is 0 Å². The number of hydrogen-bond donors (Lipinski definition) is 0. The van der Waals surface area contributed by atoms with E-state index in [4.69, 9.17) is 4.74 Å². The summed E-state index contributed by atoms with van der Waals surface area (Å²) in [5.74, 6) is 0.576. The molecule has 2 aromatic rings. The van der Waals surface area contributed by atoms with Gasteiger partial charge in [0.1, 0.15) is 0 Å². The molecule has 2 aromatic heterocycles. The Balaban J connectivity index is 1.47. The highest BCUT2D eigenvalue weighted by molar-refractivity contribution is 5.11. The standard InChI is InChI=1S/C19H27N5O/c1-22-10-16(9-21-22)12-24-7-5-19(25-2)17-13-23(14-18(17)24)11-15-4-3-6-20-8-15/h3-4,6,8-10,17-19H,5,7,11-14H2,1-2H3/t17-,18+,19+/m0/s1. The number of methoxy groups -OCH3 is 1. The maximum absolute atomic E-state index is 5.82. The van der Waals surface area contributed by atoms with E-state index in [-0.39, 0.29) is 0 Å². The summed E-state index contributed by atoms with van der Waals surface area (Å²) < 4.78 is 7.71. The Kier molecular flexibility index (Phi) is 4.83. The van der Waals surface area contributed by atoms with Gasteiger partial charge in [0.15, 0.2) is 0 Å². The molecule has 4 rings (SSSR count). The summed E-state index contributed by atoms with van der Waals surface area (Å²) in [4.78, 5) is 9.43. The Morgan fingerprint density at radius 3 is 2.84 bits per heavy atom. The van der Waals surface area contributed by atoms with E-state index in [2.05, 4.69) is 32.1 Å². The van der Waals surface area contributed by atoms with Crippen molar-refractivity contribution in [3.05, 3.63) is 48.0 Å². The van der Waals surface area contributed by atoms with Crippen LogP contribution in [0, 0.1) is 5.92 Å². The molecule has 134 valence electrons. The minimum atomic E-state index is 0.369. The fourth-order valence-corrected chi connectivity index (χ4v) is 4.47. The van der Waals surface area contributed by atoms with Crippen molar-refractivity contribution in [2.75, 3.05) is 26.7 Å². The van der Waals surface area contributed by atoms with E-state index in [1.165, 1.54) is 11.1 Å². The average Bonchev–Trinajstić information content (AvgIpc) is 3.22. The van der Waals surface area contributed by atoms with Crippen molar-refractivity contribution < 1.29 is 4.74 Å². The first-order valence-electron chi connectivity index (χ1n) is 9.08. The molecule has 0 aromatic carbocycles. The lowest BCUT2D eigenvalue weighted by Gasteiger charge is -2.41. The number of hydrogen-bond acceptors (Lipinski definition) is 5. The molecular weight excluding hydrogens is 314 g/mol. The van der Waals surface area contributed by atoms with Gasteiger partial charge < -0.3 is 4.74 Å². The van der Waals surface area contributed by atoms with E-state index in [1.807, 2.05) is 43.5 Å². The predicted octanol–water partition coefficient (Wildman–Crippen LogP) is 1.54. The molecule has 2 saturated heterocycles. The summed E-state index contributed by atoms with van der Waals surface area (Å²) in [7, 11) is 3.84. The molecule has 2 aliphatic heterocycles. The minimum absolute atomic E-state index is 0.369. The predicted molar refractivity (Wildman–Crippen MR) is 95.8 cm³/mol. The second-order valence-electron chi connectivity index (χ2n) is 7.34. The van der Waals surface area contributed by atoms with Crippen molar-refractivity contribution in [1.29, 1.82) is 0 Å². The monoisotopic (exact) mass is 341 g/mol. The summed E-state index contributed by atoms with van der Waals surface area (Å²) in [6.45, 7) is 5.24. The quantitative estimate of drug-likeness (QED) is 0.825. The van der Waals surface area contributed by atoms with Crippen LogP contribution in [0.25, 0.3) is 0 Å². The first-order valence-corrected chi connectivity index (χ1v) is 9.08. The third kappa shape index (κ3) is 3.61. The van der Waals surface area contributed by atoms with E-state index in [0.717, 1.165) is 39.1 Å². The summed E-state index contributed by atoms with van der Waals surface area (Å²) in [6.07, 6.45) is 9.40. The molecular formula is C19H27N5O. The van der Waals surface area contributed by atoms with Crippen LogP contribution in [0.4, 0.5) is 0 Å². The number of pyridine rings is 1. The Hall–Kier alpha value is -1.76. The molecule has 0 radical (unpaired) electrons. The minimum Gasteiger partial charge on any atom is -0.381 e. The van der Waals surface area contributed by atoms with E-state index in [9.17, 15) is 0 Å². The van der Waals surface area contributed by atoms with Gasteiger partial charge in [-0.1, -0.05) is 6.07 Å². The zero-order valence-corrected chi connectivity index (χ0v) is 15.1. The molecule has 4 heterocycles. The van der Waals surface area contributed by atoms with Crippen LogP contribution in [0.2, 0.25) is 0 Å². The van der Waals surface area contributed by atoms with Crippen LogP contribution >= 0.6 is 0 Å². The molecule has 0 amide bonds. The van der Waals surface area contributed by atoms with Crippen LogP contribution in [-0.4, -0.2) is 63.5 Å². The van der Waals surface area contributed by atoms with Crippen LogP contribution in [0.1, 0.15) is 17.5 Å². The highest BCUT2D eigenvalue weighted by Gasteiger charge is 2.44. The van der Waals surface area contributed by atoms with Crippen molar-refractivity contribution in [2.45, 2.75) is 31.7 Å². The first-order chi connectivity index (χ1) is 12.2. The van der Waals surface area contributed by atoms with Crippen LogP contribution in [0.15, 0.2) is 36.9 Å². The van der Waals surface area contributed by atoms with Crippen molar-refractivity contribution in [2.24, 2.45) is 13.0 Å². The van der Waals surface area contributed by atoms with Crippen LogP contribution in [0.5, 0.6) is 0 Å². The maximum Gasteiger partial charge on any atom is 0.0639 e. The molecule has 0 saturated carbocycles. The van der Waals surface area contributed by atoms with Crippen molar-refractivity contribution in [1.82, 2.24) is 24.6 Å². The van der Waals surface area contributed by atoms with Crippen molar-refractivity contribution in [3.63, 3.8) is 0 Å². The molecule has 0 aliphatic carbocycles. The number of piperidine rings is 1. The molecule has 3 atom stereocenters. The van der Waals surface area contributed by atoms with Crippen molar-refractivity contribution in [3.8, 4) is 0 Å². The zero-order valence-electron chi connectivity index (χ0n) is 15.1. The van der Waals surface area contributed by atoms with Gasteiger partial charge in [0.25, 0.3) is 0 Å². The van der Waals surface area contributed by atoms with Gasteiger partial charge in [0, 0.05) is 83.0 Å². The summed E-state index contributed by atoms with van der Waals surface area (Å²) in [5, 5.41) is 4.32. The largest absolute Gasteiger partial charge is 0.381 e. The number of fused-ring (bicyclic) bond motifs is 1. The zero-order chi connectivity index (χ0) is 17.2. The Labute approximate surface area is 149 Å². The first kappa shape index (κ1) is 16.7. The lowest BCUT2D eigenvalue weighted by atomic mass is 9.89. The molecule has 6 heteroatoms. The number of aryl methyl sites for hydroxylation is 1. The normalized spacial score (nSPS) is 27.5. The molecule has 6 nitrogen and oxygen atoms in total. The van der Waals surface area contributed by atoms with Gasteiger partial charge in [0.05, 0.1) is 12.3 Å². The van der Waals surface area contributed by atoms with Gasteiger partial charge in [-0.15, -0.1) is 0 Å². The van der Waals surface area contributed by atoms with E-state index < -0.39 is 0 Å². The van der Waals surface area contributed by atoms with Crippen LogP contribution in [0.3, 0.4) is 0 Å². The Morgan fingerprint density at radius 2 is 2.12 bits per heavy atom. The highest BCUT2D eigenvalue weighted by atomic mass is 16.5. The Bertz CT molecular complexity index is 688. The van der Waals surface area contributed by atoms with E-state index >= 15 is 0 Å². The fraction of sp³-hybridized carbons (Fsp3) is 0.579. The van der Waals surface area contributed by atoms with Gasteiger partial charge in [-0.2, -0.15) is 5.10 Å². The van der Waals surface area contributed by atoms with Gasteiger partial charge in [-0.3, -0.25) is 19.5 Å². The number of ether oxygens (including phenoxy) is 1. The van der Waals surface area contributed by atoms with Crippen LogP contribution in [-0.2, 0) is 24.9 Å². The molecule has 2 aliphatic rings. The van der Waals surface area contributed by atoms with Crippen LogP contribution < -0.4 is 0 Å². The third-order valence-electron chi connectivity index (χ3n) is 5.63. The van der Waals surface area contributed by atoms with Gasteiger partial charge in [-0.25, -0.2) is 0 Å². The molecule has 0 unspecified atom stereocenters. The fourth-order valence-electron chi connectivity index (χ4n) is 4.47. The van der Waals surface area contributed by atoms with Gasteiger partial charge in [0.2, 0.25) is 0 Å². The second-order valence-corrected chi connectivity index (χ2v) is 7.34. The molecule has 0 bridgehead atoms. The van der Waals surface area contributed by atoms with E-state index in [0.29, 0.717) is 18.1 Å². The summed E-state index contributed by atoms with van der Waals surface area (Å²) >= 11 is 0. The third-order valence-corrected chi connectivity index (χ3v) is 5.63. The molecule has 25 heavy (non-hydrogen) atoms. The topological polar surface area (TPSA) is 46.4 Å². The summed E-state index contributed by atoms with van der Waals surface area (Å²) in [5.41, 5.74) is 2.58. The molecule has 2 fully saturated rings.